The molecular weight excluding hydrogens is 388 g/mol. The summed E-state index contributed by atoms with van der Waals surface area (Å²) in [5.74, 6) is 2.57. The van der Waals surface area contributed by atoms with Crippen LogP contribution in [0.4, 0.5) is 0 Å². The molecule has 1 saturated carbocycles. The molecule has 3 aromatic rings. The van der Waals surface area contributed by atoms with Gasteiger partial charge in [0, 0.05) is 12.6 Å². The first-order valence-electron chi connectivity index (χ1n) is 9.77. The van der Waals surface area contributed by atoms with E-state index in [1.54, 1.807) is 12.3 Å². The third-order valence-corrected chi connectivity index (χ3v) is 5.94. The van der Waals surface area contributed by atoms with Crippen molar-refractivity contribution in [3.8, 4) is 17.1 Å². The number of aromatic nitrogens is 3. The fourth-order valence-electron chi connectivity index (χ4n) is 3.35. The Kier molecular flexibility index (Phi) is 6.19. The van der Waals surface area contributed by atoms with Gasteiger partial charge in [-0.2, -0.15) is 0 Å². The Morgan fingerprint density at radius 1 is 1.24 bits per heavy atom. The predicted octanol–water partition coefficient (Wildman–Crippen LogP) is 3.81. The number of carbonyl (C=O) groups is 1. The Labute approximate surface area is 173 Å². The van der Waals surface area contributed by atoms with Crippen molar-refractivity contribution >= 4 is 17.7 Å². The molecule has 1 aromatic carbocycles. The van der Waals surface area contributed by atoms with Crippen LogP contribution in [-0.2, 0) is 18.4 Å². The van der Waals surface area contributed by atoms with Crippen LogP contribution in [0.15, 0.2) is 52.2 Å². The van der Waals surface area contributed by atoms with E-state index in [0.29, 0.717) is 17.8 Å². The first-order valence-corrected chi connectivity index (χ1v) is 10.8. The number of amides is 1. The summed E-state index contributed by atoms with van der Waals surface area (Å²) in [7, 11) is 1.90. The average Bonchev–Trinajstić information content (AvgIpc) is 3.49. The molecule has 2 aromatic heterocycles. The maximum Gasteiger partial charge on any atom is 0.230 e. The monoisotopic (exact) mass is 412 g/mol. The number of ether oxygens (including phenoxy) is 1. The number of furan rings is 1. The standard InChI is InChI=1S/C21H24N4O3S/c1-25-20(15-8-10-17(11-9-15)28-16-5-2-3-6-16)23-24-21(25)29-14-19(26)22-13-18-7-4-12-27-18/h4,7-12,16H,2-3,5-6,13-14H2,1H3,(H,22,26). The molecular formula is C21H24N4O3S. The van der Waals surface area contributed by atoms with Crippen LogP contribution in [0.5, 0.6) is 5.75 Å². The summed E-state index contributed by atoms with van der Waals surface area (Å²) in [4.78, 5) is 12.0. The second-order valence-electron chi connectivity index (χ2n) is 7.06. The molecule has 0 atom stereocenters. The van der Waals surface area contributed by atoms with Crippen molar-refractivity contribution in [1.29, 1.82) is 0 Å². The van der Waals surface area contributed by atoms with Crippen molar-refractivity contribution in [2.75, 3.05) is 5.75 Å². The lowest BCUT2D eigenvalue weighted by atomic mass is 10.2. The maximum atomic E-state index is 12.0. The van der Waals surface area contributed by atoms with Gasteiger partial charge in [0.15, 0.2) is 11.0 Å². The van der Waals surface area contributed by atoms with Gasteiger partial charge >= 0.3 is 0 Å². The van der Waals surface area contributed by atoms with Gasteiger partial charge in [-0.05, 0) is 62.1 Å². The van der Waals surface area contributed by atoms with Crippen LogP contribution < -0.4 is 10.1 Å². The molecule has 0 radical (unpaired) electrons. The molecule has 0 saturated heterocycles. The first kappa shape index (κ1) is 19.6. The number of hydrogen-bond acceptors (Lipinski definition) is 6. The van der Waals surface area contributed by atoms with Crippen LogP contribution in [0.1, 0.15) is 31.4 Å². The van der Waals surface area contributed by atoms with Crippen LogP contribution in [0.3, 0.4) is 0 Å². The SMILES string of the molecule is Cn1c(SCC(=O)NCc2ccco2)nnc1-c1ccc(OC2CCCC2)cc1. The molecule has 7 nitrogen and oxygen atoms in total. The third kappa shape index (κ3) is 5.00. The normalized spacial score (nSPS) is 14.2. The number of thioether (sulfide) groups is 1. The summed E-state index contributed by atoms with van der Waals surface area (Å²) in [6, 6.07) is 11.6. The van der Waals surface area contributed by atoms with E-state index < -0.39 is 0 Å². The van der Waals surface area contributed by atoms with Gasteiger partial charge < -0.3 is 19.0 Å². The topological polar surface area (TPSA) is 82.2 Å². The molecule has 2 heterocycles. The number of rotatable bonds is 8. The van der Waals surface area contributed by atoms with Gasteiger partial charge in [-0.1, -0.05) is 11.8 Å². The lowest BCUT2D eigenvalue weighted by Gasteiger charge is -2.13. The highest BCUT2D eigenvalue weighted by atomic mass is 32.2. The molecule has 1 aliphatic rings. The molecule has 152 valence electrons. The molecule has 1 fully saturated rings. The number of nitrogens with one attached hydrogen (secondary N) is 1. The number of carbonyl (C=O) groups excluding carboxylic acids is 1. The Morgan fingerprint density at radius 2 is 2.03 bits per heavy atom. The lowest BCUT2D eigenvalue weighted by Crippen LogP contribution is -2.24. The zero-order chi connectivity index (χ0) is 20.1. The molecule has 1 amide bonds. The van der Waals surface area contributed by atoms with Crippen molar-refractivity contribution in [3.63, 3.8) is 0 Å². The number of hydrogen-bond donors (Lipinski definition) is 1. The van der Waals surface area contributed by atoms with Gasteiger partial charge in [-0.3, -0.25) is 4.79 Å². The predicted molar refractivity (Wildman–Crippen MR) is 111 cm³/mol. The minimum Gasteiger partial charge on any atom is -0.490 e. The van der Waals surface area contributed by atoms with Gasteiger partial charge in [-0.25, -0.2) is 0 Å². The molecule has 0 bridgehead atoms. The zero-order valence-corrected chi connectivity index (χ0v) is 17.2. The van der Waals surface area contributed by atoms with Gasteiger partial charge in [-0.15, -0.1) is 10.2 Å². The fourth-order valence-corrected chi connectivity index (χ4v) is 4.09. The van der Waals surface area contributed by atoms with E-state index in [-0.39, 0.29) is 11.7 Å². The lowest BCUT2D eigenvalue weighted by molar-refractivity contribution is -0.118. The third-order valence-electron chi connectivity index (χ3n) is 4.92. The molecule has 1 aliphatic carbocycles. The van der Waals surface area contributed by atoms with Crippen LogP contribution in [0.2, 0.25) is 0 Å². The fraction of sp³-hybridized carbons (Fsp3) is 0.381. The smallest absolute Gasteiger partial charge is 0.230 e. The number of nitrogens with zero attached hydrogens (tertiary/aromatic N) is 3. The molecule has 0 unspecified atom stereocenters. The van der Waals surface area contributed by atoms with Crippen molar-refractivity contribution in [1.82, 2.24) is 20.1 Å². The first-order chi connectivity index (χ1) is 14.2. The van der Waals surface area contributed by atoms with Crippen LogP contribution in [-0.4, -0.2) is 32.5 Å². The average molecular weight is 413 g/mol. The van der Waals surface area contributed by atoms with Crippen molar-refractivity contribution in [2.45, 2.75) is 43.5 Å². The van der Waals surface area contributed by atoms with E-state index in [0.717, 1.165) is 35.7 Å². The summed E-state index contributed by atoms with van der Waals surface area (Å²) < 4.78 is 13.1. The Bertz CT molecular complexity index is 932. The van der Waals surface area contributed by atoms with Crippen molar-refractivity contribution in [2.24, 2.45) is 7.05 Å². The summed E-state index contributed by atoms with van der Waals surface area (Å²) in [5.41, 5.74) is 0.966. The summed E-state index contributed by atoms with van der Waals surface area (Å²) in [6.45, 7) is 0.381. The Balaban J connectivity index is 1.32. The Hall–Kier alpha value is -2.74. The highest BCUT2D eigenvalue weighted by Crippen LogP contribution is 2.27. The highest BCUT2D eigenvalue weighted by molar-refractivity contribution is 7.99. The number of benzene rings is 1. The van der Waals surface area contributed by atoms with Crippen molar-refractivity contribution in [3.05, 3.63) is 48.4 Å². The summed E-state index contributed by atoms with van der Waals surface area (Å²) in [6.07, 6.45) is 6.72. The summed E-state index contributed by atoms with van der Waals surface area (Å²) in [5, 5.41) is 12.0. The minimum absolute atomic E-state index is 0.0793. The van der Waals surface area contributed by atoms with E-state index in [1.165, 1.54) is 24.6 Å². The second kappa shape index (κ2) is 9.17. The van der Waals surface area contributed by atoms with E-state index in [9.17, 15) is 4.79 Å². The van der Waals surface area contributed by atoms with Gasteiger partial charge in [0.2, 0.25) is 5.91 Å². The van der Waals surface area contributed by atoms with Gasteiger partial charge in [0.25, 0.3) is 0 Å². The van der Waals surface area contributed by atoms with E-state index in [2.05, 4.69) is 15.5 Å². The molecule has 1 N–H and O–H groups in total. The molecule has 8 heteroatoms. The van der Waals surface area contributed by atoms with Gasteiger partial charge in [0.05, 0.1) is 24.7 Å². The minimum atomic E-state index is -0.0793. The summed E-state index contributed by atoms with van der Waals surface area (Å²) >= 11 is 1.35. The van der Waals surface area contributed by atoms with Crippen LogP contribution in [0, 0.1) is 0 Å². The van der Waals surface area contributed by atoms with E-state index >= 15 is 0 Å². The molecule has 0 spiro atoms. The van der Waals surface area contributed by atoms with Crippen molar-refractivity contribution < 1.29 is 13.9 Å². The quantitative estimate of drug-likeness (QED) is 0.567. The largest absolute Gasteiger partial charge is 0.490 e. The Morgan fingerprint density at radius 3 is 2.76 bits per heavy atom. The second-order valence-corrected chi connectivity index (χ2v) is 8.00. The molecule has 29 heavy (non-hydrogen) atoms. The van der Waals surface area contributed by atoms with Crippen LogP contribution >= 0.6 is 11.8 Å². The van der Waals surface area contributed by atoms with E-state index in [4.69, 9.17) is 9.15 Å². The van der Waals surface area contributed by atoms with E-state index in [1.807, 2.05) is 41.9 Å². The van der Waals surface area contributed by atoms with Gasteiger partial charge in [0.1, 0.15) is 11.5 Å². The maximum absolute atomic E-state index is 12.0. The van der Waals surface area contributed by atoms with Crippen LogP contribution in [0.25, 0.3) is 11.4 Å². The molecule has 0 aliphatic heterocycles. The highest BCUT2D eigenvalue weighted by Gasteiger charge is 2.17. The zero-order valence-electron chi connectivity index (χ0n) is 16.3. The molecule has 4 rings (SSSR count).